The molecular weight excluding hydrogens is 322 g/mol. The van der Waals surface area contributed by atoms with Gasteiger partial charge in [0.25, 0.3) is 0 Å². The summed E-state index contributed by atoms with van der Waals surface area (Å²) in [4.78, 5) is 17.2. The molecule has 1 atom stereocenters. The lowest BCUT2D eigenvalue weighted by Crippen LogP contribution is -2.50. The lowest BCUT2D eigenvalue weighted by Gasteiger charge is -2.35. The van der Waals surface area contributed by atoms with Gasteiger partial charge in [0.15, 0.2) is 5.16 Å². The van der Waals surface area contributed by atoms with Crippen molar-refractivity contribution in [2.24, 2.45) is 0 Å². The molecule has 0 spiro atoms. The number of carbonyl (C=O) groups excluding carboxylic acids is 1. The summed E-state index contributed by atoms with van der Waals surface area (Å²) < 4.78 is 2.33. The summed E-state index contributed by atoms with van der Waals surface area (Å²) in [5, 5.41) is 9.73. The number of hydrogen-bond acceptors (Lipinski definition) is 5. The number of likely N-dealkylation sites (N-methyl/N-ethyl adjacent to an activating group) is 1. The fourth-order valence-corrected chi connectivity index (χ4v) is 4.42. The van der Waals surface area contributed by atoms with Crippen molar-refractivity contribution in [1.82, 2.24) is 24.6 Å². The van der Waals surface area contributed by atoms with E-state index in [4.69, 9.17) is 0 Å². The predicted molar refractivity (Wildman–Crippen MR) is 94.3 cm³/mol. The Morgan fingerprint density at radius 3 is 2.46 bits per heavy atom. The molecule has 3 aliphatic rings. The summed E-state index contributed by atoms with van der Waals surface area (Å²) in [5.74, 6) is 2.02. The lowest BCUT2D eigenvalue weighted by molar-refractivity contribution is -0.132. The van der Waals surface area contributed by atoms with E-state index in [2.05, 4.69) is 26.6 Å². The minimum absolute atomic E-state index is 0.0908. The van der Waals surface area contributed by atoms with Crippen LogP contribution in [-0.2, 0) is 4.79 Å². The maximum absolute atomic E-state index is 12.8. The monoisotopic (exact) mass is 349 g/mol. The number of rotatable bonds is 6. The Kier molecular flexibility index (Phi) is 4.56. The van der Waals surface area contributed by atoms with Crippen molar-refractivity contribution >= 4 is 17.7 Å². The Morgan fingerprint density at radius 1 is 1.17 bits per heavy atom. The zero-order valence-electron chi connectivity index (χ0n) is 14.6. The minimum Gasteiger partial charge on any atom is -0.339 e. The summed E-state index contributed by atoms with van der Waals surface area (Å²) in [5.41, 5.74) is 0. The van der Waals surface area contributed by atoms with Crippen LogP contribution in [0.2, 0.25) is 0 Å². The van der Waals surface area contributed by atoms with Crippen molar-refractivity contribution in [3.05, 3.63) is 5.82 Å². The highest BCUT2D eigenvalue weighted by Crippen LogP contribution is 2.46. The third-order valence-electron chi connectivity index (χ3n) is 5.31. The highest BCUT2D eigenvalue weighted by molar-refractivity contribution is 8.00. The van der Waals surface area contributed by atoms with Gasteiger partial charge in [-0.2, -0.15) is 0 Å². The number of carbonyl (C=O) groups is 1. The first-order chi connectivity index (χ1) is 11.7. The van der Waals surface area contributed by atoms with Crippen LogP contribution in [0, 0.1) is 0 Å². The van der Waals surface area contributed by atoms with Crippen LogP contribution in [0.1, 0.15) is 57.3 Å². The summed E-state index contributed by atoms with van der Waals surface area (Å²) >= 11 is 1.60. The molecule has 1 amide bonds. The molecular formula is C17H27N5OS. The molecule has 1 aromatic heterocycles. The molecule has 24 heavy (non-hydrogen) atoms. The van der Waals surface area contributed by atoms with Crippen molar-refractivity contribution < 1.29 is 4.79 Å². The molecule has 7 heteroatoms. The summed E-state index contributed by atoms with van der Waals surface area (Å²) in [7, 11) is 0. The van der Waals surface area contributed by atoms with Crippen molar-refractivity contribution in [3.8, 4) is 0 Å². The van der Waals surface area contributed by atoms with Crippen LogP contribution in [0.15, 0.2) is 5.16 Å². The van der Waals surface area contributed by atoms with E-state index >= 15 is 0 Å². The Balaban J connectivity index is 1.41. The fourth-order valence-electron chi connectivity index (χ4n) is 3.41. The van der Waals surface area contributed by atoms with Gasteiger partial charge < -0.3 is 14.4 Å². The zero-order valence-corrected chi connectivity index (χ0v) is 15.5. The molecule has 2 saturated carbocycles. The number of nitrogens with zero attached hydrogens (tertiary/aromatic N) is 5. The van der Waals surface area contributed by atoms with Crippen molar-refractivity contribution in [2.75, 3.05) is 32.7 Å². The average molecular weight is 350 g/mol. The molecule has 1 aliphatic heterocycles. The Morgan fingerprint density at radius 2 is 1.88 bits per heavy atom. The van der Waals surface area contributed by atoms with Gasteiger partial charge in [-0.15, -0.1) is 10.2 Å². The minimum atomic E-state index is -0.0908. The number of piperazine rings is 1. The molecule has 0 aromatic carbocycles. The molecule has 3 fully saturated rings. The van der Waals surface area contributed by atoms with Gasteiger partial charge in [0.05, 0.1) is 5.25 Å². The SMILES string of the molecule is CCN1CCN(C(=O)C(C)Sc2nnc(C3CC3)n2C2CC2)CC1. The second-order valence-corrected chi connectivity index (χ2v) is 8.54. The molecule has 0 bridgehead atoms. The van der Waals surface area contributed by atoms with Crippen LogP contribution in [-0.4, -0.2) is 68.4 Å². The van der Waals surface area contributed by atoms with Crippen LogP contribution in [0.4, 0.5) is 0 Å². The molecule has 1 aromatic rings. The van der Waals surface area contributed by atoms with Gasteiger partial charge in [-0.1, -0.05) is 18.7 Å². The number of hydrogen-bond donors (Lipinski definition) is 0. The third kappa shape index (κ3) is 3.33. The summed E-state index contributed by atoms with van der Waals surface area (Å²) in [6, 6.07) is 0.577. The van der Waals surface area contributed by atoms with Crippen LogP contribution >= 0.6 is 11.8 Å². The predicted octanol–water partition coefficient (Wildman–Crippen LogP) is 2.14. The molecule has 2 heterocycles. The number of thioether (sulfide) groups is 1. The molecule has 1 saturated heterocycles. The van der Waals surface area contributed by atoms with Gasteiger partial charge in [-0.05, 0) is 39.2 Å². The van der Waals surface area contributed by atoms with E-state index < -0.39 is 0 Å². The van der Waals surface area contributed by atoms with Crippen LogP contribution in [0.3, 0.4) is 0 Å². The second-order valence-electron chi connectivity index (χ2n) is 7.24. The van der Waals surface area contributed by atoms with Crippen molar-refractivity contribution in [1.29, 1.82) is 0 Å². The van der Waals surface area contributed by atoms with E-state index in [0.29, 0.717) is 12.0 Å². The fraction of sp³-hybridized carbons (Fsp3) is 0.824. The summed E-state index contributed by atoms with van der Waals surface area (Å²) in [6.07, 6.45) is 4.94. The maximum Gasteiger partial charge on any atom is 0.235 e. The molecule has 4 rings (SSSR count). The first-order valence-electron chi connectivity index (χ1n) is 9.30. The lowest BCUT2D eigenvalue weighted by atomic mass is 10.3. The molecule has 2 aliphatic carbocycles. The molecule has 132 valence electrons. The van der Waals surface area contributed by atoms with Gasteiger partial charge in [0, 0.05) is 38.1 Å². The maximum atomic E-state index is 12.8. The second kappa shape index (κ2) is 6.67. The van der Waals surface area contributed by atoms with E-state index in [9.17, 15) is 4.79 Å². The first-order valence-corrected chi connectivity index (χ1v) is 10.2. The number of aromatic nitrogens is 3. The van der Waals surface area contributed by atoms with E-state index in [1.54, 1.807) is 11.8 Å². The molecule has 0 N–H and O–H groups in total. The zero-order chi connectivity index (χ0) is 16.7. The highest BCUT2D eigenvalue weighted by atomic mass is 32.2. The Labute approximate surface area is 148 Å². The Bertz CT molecular complexity index is 602. The normalized spacial score (nSPS) is 23.5. The Hall–Kier alpha value is -1.08. The van der Waals surface area contributed by atoms with Crippen LogP contribution in [0.5, 0.6) is 0 Å². The van der Waals surface area contributed by atoms with Gasteiger partial charge in [0.2, 0.25) is 5.91 Å². The first kappa shape index (κ1) is 16.4. The van der Waals surface area contributed by atoms with E-state index in [-0.39, 0.29) is 11.2 Å². The largest absolute Gasteiger partial charge is 0.339 e. The molecule has 6 nitrogen and oxygen atoms in total. The highest BCUT2D eigenvalue weighted by Gasteiger charge is 2.37. The number of amides is 1. The topological polar surface area (TPSA) is 54.3 Å². The van der Waals surface area contributed by atoms with Crippen LogP contribution in [0.25, 0.3) is 0 Å². The van der Waals surface area contributed by atoms with Crippen molar-refractivity contribution in [2.45, 2.75) is 61.9 Å². The van der Waals surface area contributed by atoms with Gasteiger partial charge >= 0.3 is 0 Å². The van der Waals surface area contributed by atoms with E-state index in [1.165, 1.54) is 25.7 Å². The quantitative estimate of drug-likeness (QED) is 0.737. The van der Waals surface area contributed by atoms with Crippen LogP contribution < -0.4 is 0 Å². The summed E-state index contributed by atoms with van der Waals surface area (Å²) in [6.45, 7) is 8.94. The van der Waals surface area contributed by atoms with E-state index in [1.807, 2.05) is 11.8 Å². The van der Waals surface area contributed by atoms with Gasteiger partial charge in [-0.25, -0.2) is 0 Å². The van der Waals surface area contributed by atoms with Crippen molar-refractivity contribution in [3.63, 3.8) is 0 Å². The standard InChI is InChI=1S/C17H27N5OS/c1-3-20-8-10-21(11-9-20)16(23)12(2)24-17-19-18-15(13-4-5-13)22(17)14-6-7-14/h12-14H,3-11H2,1-2H3. The molecule has 1 unspecified atom stereocenters. The van der Waals surface area contributed by atoms with Gasteiger partial charge in [0.1, 0.15) is 5.82 Å². The average Bonchev–Trinajstić information content (AvgIpc) is 3.53. The third-order valence-corrected chi connectivity index (χ3v) is 6.35. The molecule has 0 radical (unpaired) electrons. The van der Waals surface area contributed by atoms with E-state index in [0.717, 1.165) is 43.7 Å². The van der Waals surface area contributed by atoms with Gasteiger partial charge in [-0.3, -0.25) is 4.79 Å². The smallest absolute Gasteiger partial charge is 0.235 e.